The predicted molar refractivity (Wildman–Crippen MR) is 53.4 cm³/mol. The van der Waals surface area contributed by atoms with Crippen molar-refractivity contribution in [3.05, 3.63) is 29.3 Å². The molecule has 14 heavy (non-hydrogen) atoms. The van der Waals surface area contributed by atoms with E-state index < -0.39 is 5.97 Å². The quantitative estimate of drug-likeness (QED) is 0.750. The van der Waals surface area contributed by atoms with Crippen molar-refractivity contribution < 1.29 is 14.6 Å². The summed E-state index contributed by atoms with van der Waals surface area (Å²) in [5.74, 6) is -0.436. The lowest BCUT2D eigenvalue weighted by Crippen LogP contribution is -2.05. The van der Waals surface area contributed by atoms with Crippen molar-refractivity contribution in [3.8, 4) is 5.75 Å². The zero-order chi connectivity index (χ0) is 10.6. The highest BCUT2D eigenvalue weighted by Gasteiger charge is 2.13. The van der Waals surface area contributed by atoms with Gasteiger partial charge < -0.3 is 9.84 Å². The Morgan fingerprint density at radius 3 is 2.71 bits per heavy atom. The van der Waals surface area contributed by atoms with Gasteiger partial charge in [-0.2, -0.15) is 0 Å². The number of phenols is 1. The van der Waals surface area contributed by atoms with Crippen LogP contribution in [0.5, 0.6) is 5.75 Å². The smallest absolute Gasteiger partial charge is 0.341 e. The molecule has 0 aromatic heterocycles. The zero-order valence-electron chi connectivity index (χ0n) is 8.41. The van der Waals surface area contributed by atoms with Gasteiger partial charge in [-0.3, -0.25) is 0 Å². The molecule has 0 spiro atoms. The summed E-state index contributed by atoms with van der Waals surface area (Å²) >= 11 is 0. The Bertz CT molecular complexity index is 331. The van der Waals surface area contributed by atoms with Gasteiger partial charge in [0.25, 0.3) is 0 Å². The van der Waals surface area contributed by atoms with Gasteiger partial charge in [0.2, 0.25) is 0 Å². The molecule has 1 aromatic carbocycles. The summed E-state index contributed by atoms with van der Waals surface area (Å²) in [4.78, 5) is 11.4. The standard InChI is InChI=1S/C11H14O3/c1-3-8-6-5-7-9(10(8)12)11(13)14-4-2/h5-7,12H,3-4H2,1-2H3. The number of esters is 1. The molecule has 0 bridgehead atoms. The van der Waals surface area contributed by atoms with Crippen molar-refractivity contribution in [2.24, 2.45) is 0 Å². The second-order valence-corrected chi connectivity index (χ2v) is 2.89. The summed E-state index contributed by atoms with van der Waals surface area (Å²) in [5.41, 5.74) is 1.00. The molecule has 0 fully saturated rings. The Morgan fingerprint density at radius 2 is 2.14 bits per heavy atom. The van der Waals surface area contributed by atoms with Crippen LogP contribution in [0.4, 0.5) is 0 Å². The largest absolute Gasteiger partial charge is 0.507 e. The number of hydrogen-bond acceptors (Lipinski definition) is 3. The zero-order valence-corrected chi connectivity index (χ0v) is 8.41. The number of aromatic hydroxyl groups is 1. The Morgan fingerprint density at radius 1 is 1.43 bits per heavy atom. The number of aryl methyl sites for hydroxylation is 1. The highest BCUT2D eigenvalue weighted by atomic mass is 16.5. The molecule has 0 saturated carbocycles. The first-order valence-electron chi connectivity index (χ1n) is 4.68. The number of carbonyl (C=O) groups is 1. The third-order valence-electron chi connectivity index (χ3n) is 2.00. The molecular formula is C11H14O3. The maximum absolute atomic E-state index is 11.4. The second-order valence-electron chi connectivity index (χ2n) is 2.89. The average Bonchev–Trinajstić information content (AvgIpc) is 2.18. The third kappa shape index (κ3) is 2.05. The fourth-order valence-corrected chi connectivity index (χ4v) is 1.25. The molecule has 3 nitrogen and oxygen atoms in total. The van der Waals surface area contributed by atoms with Gasteiger partial charge >= 0.3 is 5.97 Å². The number of para-hydroxylation sites is 1. The number of carbonyl (C=O) groups excluding carboxylic acids is 1. The number of rotatable bonds is 3. The molecule has 76 valence electrons. The lowest BCUT2D eigenvalue weighted by atomic mass is 10.1. The van der Waals surface area contributed by atoms with E-state index in [4.69, 9.17) is 4.74 Å². The maximum atomic E-state index is 11.4. The summed E-state index contributed by atoms with van der Waals surface area (Å²) in [6.45, 7) is 3.97. The van der Waals surface area contributed by atoms with E-state index in [1.54, 1.807) is 25.1 Å². The van der Waals surface area contributed by atoms with Gasteiger partial charge in [0, 0.05) is 0 Å². The second kappa shape index (κ2) is 4.65. The van der Waals surface area contributed by atoms with E-state index in [1.165, 1.54) is 0 Å². The minimum absolute atomic E-state index is 0.0356. The van der Waals surface area contributed by atoms with Crippen molar-refractivity contribution in [1.29, 1.82) is 0 Å². The van der Waals surface area contributed by atoms with E-state index in [-0.39, 0.29) is 11.3 Å². The Balaban J connectivity index is 3.03. The van der Waals surface area contributed by atoms with Gasteiger partial charge in [0.1, 0.15) is 11.3 Å². The monoisotopic (exact) mass is 194 g/mol. The Labute approximate surface area is 83.3 Å². The molecule has 1 aromatic rings. The molecule has 0 aliphatic heterocycles. The Hall–Kier alpha value is -1.51. The van der Waals surface area contributed by atoms with Crippen LogP contribution in [0.25, 0.3) is 0 Å². The van der Waals surface area contributed by atoms with Crippen LogP contribution < -0.4 is 0 Å². The van der Waals surface area contributed by atoms with Crippen LogP contribution in [-0.4, -0.2) is 17.7 Å². The number of ether oxygens (including phenoxy) is 1. The minimum Gasteiger partial charge on any atom is -0.507 e. The van der Waals surface area contributed by atoms with Crippen molar-refractivity contribution >= 4 is 5.97 Å². The van der Waals surface area contributed by atoms with Gasteiger partial charge in [0.15, 0.2) is 0 Å². The molecule has 0 radical (unpaired) electrons. The van der Waals surface area contributed by atoms with Crippen molar-refractivity contribution in [1.82, 2.24) is 0 Å². The van der Waals surface area contributed by atoms with Gasteiger partial charge in [-0.05, 0) is 25.0 Å². The Kier molecular flexibility index (Phi) is 3.51. The molecule has 0 heterocycles. The summed E-state index contributed by atoms with van der Waals surface area (Å²) in [5, 5.41) is 9.69. The molecule has 3 heteroatoms. The highest BCUT2D eigenvalue weighted by Crippen LogP contribution is 2.23. The lowest BCUT2D eigenvalue weighted by Gasteiger charge is -2.07. The van der Waals surface area contributed by atoms with Crippen LogP contribution in [0.3, 0.4) is 0 Å². The summed E-state index contributed by atoms with van der Waals surface area (Å²) in [7, 11) is 0. The van der Waals surface area contributed by atoms with E-state index in [1.807, 2.05) is 6.92 Å². The first-order chi connectivity index (χ1) is 6.70. The maximum Gasteiger partial charge on any atom is 0.341 e. The topological polar surface area (TPSA) is 46.5 Å². The van der Waals surface area contributed by atoms with Crippen LogP contribution in [0, 0.1) is 0 Å². The molecule has 0 saturated heterocycles. The van der Waals surface area contributed by atoms with Gasteiger partial charge in [0.05, 0.1) is 6.61 Å². The number of hydrogen-bond donors (Lipinski definition) is 1. The molecule has 0 unspecified atom stereocenters. The summed E-state index contributed by atoms with van der Waals surface area (Å²) in [6, 6.07) is 5.09. The molecule has 0 amide bonds. The summed E-state index contributed by atoms with van der Waals surface area (Å²) in [6.07, 6.45) is 0.694. The fourth-order valence-electron chi connectivity index (χ4n) is 1.25. The molecule has 0 aliphatic rings. The van der Waals surface area contributed by atoms with E-state index in [2.05, 4.69) is 0 Å². The number of benzene rings is 1. The van der Waals surface area contributed by atoms with Crippen LogP contribution in [0.15, 0.2) is 18.2 Å². The highest BCUT2D eigenvalue weighted by molar-refractivity contribution is 5.92. The van der Waals surface area contributed by atoms with Crippen LogP contribution in [0.2, 0.25) is 0 Å². The average molecular weight is 194 g/mol. The van der Waals surface area contributed by atoms with Gasteiger partial charge in [-0.25, -0.2) is 4.79 Å². The lowest BCUT2D eigenvalue weighted by molar-refractivity contribution is 0.0523. The van der Waals surface area contributed by atoms with Crippen LogP contribution >= 0.6 is 0 Å². The van der Waals surface area contributed by atoms with Crippen LogP contribution in [-0.2, 0) is 11.2 Å². The van der Waals surface area contributed by atoms with Crippen molar-refractivity contribution in [2.45, 2.75) is 20.3 Å². The van der Waals surface area contributed by atoms with Crippen LogP contribution in [0.1, 0.15) is 29.8 Å². The number of phenolic OH excluding ortho intramolecular Hbond substituents is 1. The molecular weight excluding hydrogens is 180 g/mol. The van der Waals surface area contributed by atoms with Gasteiger partial charge in [-0.15, -0.1) is 0 Å². The van der Waals surface area contributed by atoms with Crippen molar-refractivity contribution in [3.63, 3.8) is 0 Å². The first-order valence-corrected chi connectivity index (χ1v) is 4.68. The summed E-state index contributed by atoms with van der Waals surface area (Å²) < 4.78 is 4.81. The SMILES string of the molecule is CCOC(=O)c1cccc(CC)c1O. The van der Waals surface area contributed by atoms with E-state index >= 15 is 0 Å². The molecule has 1 N–H and O–H groups in total. The first kappa shape index (κ1) is 10.6. The molecule has 1 rings (SSSR count). The van der Waals surface area contributed by atoms with Crippen molar-refractivity contribution in [2.75, 3.05) is 6.61 Å². The molecule has 0 aliphatic carbocycles. The van der Waals surface area contributed by atoms with Gasteiger partial charge in [-0.1, -0.05) is 19.1 Å². The van der Waals surface area contributed by atoms with E-state index in [0.29, 0.717) is 13.0 Å². The predicted octanol–water partition coefficient (Wildman–Crippen LogP) is 2.13. The third-order valence-corrected chi connectivity index (χ3v) is 2.00. The van der Waals surface area contributed by atoms with E-state index in [0.717, 1.165) is 5.56 Å². The fraction of sp³-hybridized carbons (Fsp3) is 0.364. The molecule has 0 atom stereocenters. The normalized spacial score (nSPS) is 9.86. The minimum atomic E-state index is -0.472. The van der Waals surface area contributed by atoms with E-state index in [9.17, 15) is 9.90 Å².